The van der Waals surface area contributed by atoms with E-state index in [0.29, 0.717) is 36.4 Å². The summed E-state index contributed by atoms with van der Waals surface area (Å²) in [7, 11) is -10.9. The maximum absolute atomic E-state index is 14.6. The molecule has 0 aliphatic carbocycles. The van der Waals surface area contributed by atoms with Crippen molar-refractivity contribution in [1.29, 1.82) is 0 Å². The van der Waals surface area contributed by atoms with Crippen molar-refractivity contribution < 1.29 is 139 Å². The molecule has 0 bridgehead atoms. The number of esters is 1. The quantitative estimate of drug-likeness (QED) is 0.0423. The zero-order valence-electron chi connectivity index (χ0n) is 34.1. The van der Waals surface area contributed by atoms with Crippen LogP contribution in [-0.2, 0) is 34.6 Å². The van der Waals surface area contributed by atoms with Gasteiger partial charge in [0.1, 0.15) is 5.75 Å². The lowest BCUT2D eigenvalue weighted by Crippen LogP contribution is -2.61. The Labute approximate surface area is 384 Å². The molecular formula is C36H28F18N2O13S2. The molecule has 0 saturated heterocycles. The minimum atomic E-state index is -6.57. The highest BCUT2D eigenvalue weighted by molar-refractivity contribution is 7.86. The zero-order chi connectivity index (χ0) is 55.0. The maximum Gasteiger partial charge on any atom is 0.437 e. The van der Waals surface area contributed by atoms with Crippen LogP contribution in [0.3, 0.4) is 0 Å². The Morgan fingerprint density at radius 3 is 1.35 bits per heavy atom. The topological polar surface area (TPSA) is 243 Å². The molecule has 0 heterocycles. The number of anilines is 2. The lowest BCUT2D eigenvalue weighted by molar-refractivity contribution is -0.371. The summed E-state index contributed by atoms with van der Waals surface area (Å²) in [4.78, 5) is 35.1. The van der Waals surface area contributed by atoms with Gasteiger partial charge in [0.25, 0.3) is 37.0 Å². The van der Waals surface area contributed by atoms with Gasteiger partial charge in [0, 0.05) is 43.5 Å². The van der Waals surface area contributed by atoms with Gasteiger partial charge >= 0.3 is 43.0 Å². The van der Waals surface area contributed by atoms with Gasteiger partial charge in [-0.2, -0.15) is 95.9 Å². The monoisotopic (exact) mass is 1100 g/mol. The molecule has 0 unspecified atom stereocenters. The molecule has 398 valence electrons. The standard InChI is InChI=1S/C36H28F18N2O13S2/c37-31(38,39)28(60,32(40,41)42)6-4-25(57)55-20-14-21(16-24(15-20)71(65,66)67)56-26(58)5-7-30(35(49,50)51,36(52,53)54)69-22-3-1-2-17(11-22)18-10-19(13-23(12-18)70(62,63)64)27(59)68-9-8-29(61,33(43,44)45)34(46,47)48/h1-3,10-16,60-61H,4-9H2,(H,55,57)(H,56,58)(H,62,63,64)(H,65,66,67). The smallest absolute Gasteiger partial charge is 0.437 e. The van der Waals surface area contributed by atoms with Gasteiger partial charge in [0.05, 0.1) is 22.0 Å². The molecule has 0 fully saturated rings. The van der Waals surface area contributed by atoms with E-state index in [1.165, 1.54) is 0 Å². The second-order valence-corrected chi connectivity index (χ2v) is 17.4. The molecule has 3 rings (SSSR count). The second-order valence-electron chi connectivity index (χ2n) is 14.6. The number of halogens is 18. The van der Waals surface area contributed by atoms with Gasteiger partial charge in [-0.3, -0.25) is 18.7 Å². The molecular weight excluding hydrogens is 1070 g/mol. The number of carbonyl (C=O) groups is 3. The number of carbonyl (C=O) groups excluding carboxylic acids is 3. The zero-order valence-corrected chi connectivity index (χ0v) is 35.7. The predicted molar refractivity (Wildman–Crippen MR) is 198 cm³/mol. The highest BCUT2D eigenvalue weighted by Crippen LogP contribution is 2.50. The molecule has 2 amide bonds. The van der Waals surface area contributed by atoms with Gasteiger partial charge in [-0.25, -0.2) is 4.79 Å². The number of hydrogen-bond donors (Lipinski definition) is 6. The van der Waals surface area contributed by atoms with Crippen LogP contribution >= 0.6 is 0 Å². The van der Waals surface area contributed by atoms with E-state index in [-0.39, 0.29) is 18.2 Å². The SMILES string of the molecule is O=C(CCC(O)(C(F)(F)F)C(F)(F)F)Nc1cc(NC(=O)CCC(Oc2cccc(-c3cc(C(=O)OCCC(O)(C(F)(F)F)C(F)(F)F)cc(S(=O)(=O)O)c3)c2)(C(F)(F)F)C(F)(F)F)cc(S(=O)(=O)O)c1. The number of ether oxygens (including phenoxy) is 2. The highest BCUT2D eigenvalue weighted by Gasteiger charge is 2.74. The van der Waals surface area contributed by atoms with Crippen LogP contribution in [0.5, 0.6) is 5.75 Å². The number of nitrogens with one attached hydrogen (secondary N) is 2. The number of amides is 2. The number of hydrogen-bond acceptors (Lipinski definition) is 11. The Kier molecular flexibility index (Phi) is 16.9. The van der Waals surface area contributed by atoms with Crippen LogP contribution in [0.4, 0.5) is 90.4 Å². The molecule has 0 atom stereocenters. The number of rotatable bonds is 17. The van der Waals surface area contributed by atoms with Crippen molar-refractivity contribution in [2.45, 2.75) is 95.8 Å². The number of aliphatic hydroxyl groups is 2. The summed E-state index contributed by atoms with van der Waals surface area (Å²) < 4.78 is 319. The summed E-state index contributed by atoms with van der Waals surface area (Å²) in [5, 5.41) is 21.6. The van der Waals surface area contributed by atoms with Crippen molar-refractivity contribution in [2.75, 3.05) is 17.2 Å². The number of benzene rings is 3. The van der Waals surface area contributed by atoms with E-state index in [0.717, 1.165) is 6.07 Å². The Balaban J connectivity index is 1.97. The Hall–Kier alpha value is -5.65. The van der Waals surface area contributed by atoms with Gasteiger partial charge in [-0.15, -0.1) is 0 Å². The molecule has 0 radical (unpaired) electrons. The van der Waals surface area contributed by atoms with E-state index >= 15 is 0 Å². The van der Waals surface area contributed by atoms with Gasteiger partial charge < -0.3 is 30.3 Å². The summed E-state index contributed by atoms with van der Waals surface area (Å²) in [6.07, 6.45) is -49.7. The predicted octanol–water partition coefficient (Wildman–Crippen LogP) is 8.49. The molecule has 3 aromatic carbocycles. The second kappa shape index (κ2) is 20.1. The van der Waals surface area contributed by atoms with Crippen molar-refractivity contribution in [2.24, 2.45) is 0 Å². The lowest BCUT2D eigenvalue weighted by Gasteiger charge is -2.37. The lowest BCUT2D eigenvalue weighted by atomic mass is 9.94. The fourth-order valence-corrected chi connectivity index (χ4v) is 6.87. The summed E-state index contributed by atoms with van der Waals surface area (Å²) in [6, 6.07) is 4.10. The molecule has 6 N–H and O–H groups in total. The van der Waals surface area contributed by atoms with Crippen molar-refractivity contribution in [3.05, 3.63) is 66.2 Å². The van der Waals surface area contributed by atoms with Crippen LogP contribution < -0.4 is 15.4 Å². The Bertz CT molecular complexity index is 2660. The van der Waals surface area contributed by atoms with Gasteiger partial charge in [-0.05, 0) is 59.7 Å². The van der Waals surface area contributed by atoms with E-state index in [9.17, 15) is 130 Å². The third-order valence-corrected chi connectivity index (χ3v) is 11.2. The maximum atomic E-state index is 14.6. The van der Waals surface area contributed by atoms with Gasteiger partial charge in [-0.1, -0.05) is 12.1 Å². The van der Waals surface area contributed by atoms with E-state index in [4.69, 9.17) is 0 Å². The Morgan fingerprint density at radius 2 is 0.930 bits per heavy atom. The largest absolute Gasteiger partial charge is 0.468 e. The molecule has 15 nitrogen and oxygen atoms in total. The van der Waals surface area contributed by atoms with E-state index in [1.54, 1.807) is 10.6 Å². The summed E-state index contributed by atoms with van der Waals surface area (Å²) in [5.41, 5.74) is -21.0. The molecule has 71 heavy (non-hydrogen) atoms. The molecule has 0 spiro atoms. The summed E-state index contributed by atoms with van der Waals surface area (Å²) in [5.74, 6) is -7.13. The minimum Gasteiger partial charge on any atom is -0.468 e. The first-order valence-electron chi connectivity index (χ1n) is 18.4. The van der Waals surface area contributed by atoms with E-state index < -0.39 is 174 Å². The third-order valence-electron chi connectivity index (χ3n) is 9.58. The third kappa shape index (κ3) is 13.9. The molecule has 0 aliphatic rings. The van der Waals surface area contributed by atoms with Crippen molar-refractivity contribution in [1.82, 2.24) is 0 Å². The first kappa shape index (κ1) is 59.7. The fourth-order valence-electron chi connectivity index (χ4n) is 5.77. The normalized spacial score (nSPS) is 13.9. The average Bonchev–Trinajstić information content (AvgIpc) is 3.17. The molecule has 3 aromatic rings. The first-order valence-corrected chi connectivity index (χ1v) is 21.2. The van der Waals surface area contributed by atoms with E-state index in [2.05, 4.69) is 9.47 Å². The van der Waals surface area contributed by atoms with Crippen LogP contribution in [0, 0.1) is 0 Å². The van der Waals surface area contributed by atoms with Gasteiger partial charge in [0.2, 0.25) is 11.8 Å². The Morgan fingerprint density at radius 1 is 0.507 bits per heavy atom. The molecule has 0 aliphatic heterocycles. The summed E-state index contributed by atoms with van der Waals surface area (Å²) >= 11 is 0. The number of alkyl halides is 18. The van der Waals surface area contributed by atoms with Gasteiger partial charge in [0.15, 0.2) is 0 Å². The fraction of sp³-hybridized carbons (Fsp3) is 0.417. The minimum absolute atomic E-state index is 0.213. The van der Waals surface area contributed by atoms with Crippen LogP contribution in [0.1, 0.15) is 42.5 Å². The van der Waals surface area contributed by atoms with Crippen LogP contribution in [0.25, 0.3) is 11.1 Å². The summed E-state index contributed by atoms with van der Waals surface area (Å²) in [6.45, 7) is -1.88. The van der Waals surface area contributed by atoms with Crippen LogP contribution in [-0.4, -0.2) is 114 Å². The van der Waals surface area contributed by atoms with Crippen molar-refractivity contribution >= 4 is 49.4 Å². The first-order chi connectivity index (χ1) is 31.7. The highest BCUT2D eigenvalue weighted by atomic mass is 32.2. The van der Waals surface area contributed by atoms with E-state index in [1.807, 2.05) is 0 Å². The molecule has 0 aromatic heterocycles. The molecule has 35 heteroatoms. The van der Waals surface area contributed by atoms with Crippen LogP contribution in [0.15, 0.2) is 70.5 Å². The van der Waals surface area contributed by atoms with Crippen molar-refractivity contribution in [3.8, 4) is 16.9 Å². The van der Waals surface area contributed by atoms with Crippen LogP contribution in [0.2, 0.25) is 0 Å². The molecule has 0 saturated carbocycles. The average molecular weight is 1100 g/mol. The van der Waals surface area contributed by atoms with Crippen molar-refractivity contribution in [3.63, 3.8) is 0 Å².